The zero-order chi connectivity index (χ0) is 13.0. The Bertz CT molecular complexity index is 423. The molecule has 0 spiro atoms. The maximum absolute atomic E-state index is 13.9. The summed E-state index contributed by atoms with van der Waals surface area (Å²) in [4.78, 5) is 0. The number of benzene rings is 1. The van der Waals surface area contributed by atoms with Crippen LogP contribution in [0.15, 0.2) is 16.6 Å². The van der Waals surface area contributed by atoms with Gasteiger partial charge in [0.2, 0.25) is 0 Å². The summed E-state index contributed by atoms with van der Waals surface area (Å²) in [6.45, 7) is 3.95. The summed E-state index contributed by atoms with van der Waals surface area (Å²) in [6.07, 6.45) is 1.81. The summed E-state index contributed by atoms with van der Waals surface area (Å²) in [7, 11) is 0. The Balaban J connectivity index is 2.96. The van der Waals surface area contributed by atoms with Crippen molar-refractivity contribution >= 4 is 21.8 Å². The van der Waals surface area contributed by atoms with E-state index in [4.69, 9.17) is 15.9 Å². The van der Waals surface area contributed by atoms with Crippen LogP contribution in [0.1, 0.15) is 32.3 Å². The maximum Gasteiger partial charge on any atom is 0.179 e. The number of nitrogens with two attached hydrogens (primary N) is 1. The first-order valence-electron chi connectivity index (χ1n) is 5.46. The average Bonchev–Trinajstić information content (AvgIpc) is 2.25. The van der Waals surface area contributed by atoms with Crippen LogP contribution in [0.5, 0.6) is 5.75 Å². The van der Waals surface area contributed by atoms with Crippen molar-refractivity contribution < 1.29 is 9.13 Å². The molecule has 0 saturated heterocycles. The third kappa shape index (κ3) is 3.43. The number of hydrogen-bond acceptors (Lipinski definition) is 2. The van der Waals surface area contributed by atoms with Crippen molar-refractivity contribution in [2.75, 3.05) is 0 Å². The normalized spacial score (nSPS) is 12.2. The minimum Gasteiger partial charge on any atom is -0.488 e. The maximum atomic E-state index is 13.9. The van der Waals surface area contributed by atoms with E-state index in [9.17, 15) is 4.39 Å². The summed E-state index contributed by atoms with van der Waals surface area (Å²) >= 11 is 3.08. The largest absolute Gasteiger partial charge is 0.488 e. The van der Waals surface area contributed by atoms with Gasteiger partial charge in [-0.15, -0.1) is 0 Å². The Morgan fingerprint density at radius 1 is 1.59 bits per heavy atom. The molecule has 0 fully saturated rings. The lowest BCUT2D eigenvalue weighted by Gasteiger charge is -2.15. The van der Waals surface area contributed by atoms with E-state index in [1.165, 1.54) is 6.07 Å². The van der Waals surface area contributed by atoms with E-state index >= 15 is 0 Å². The van der Waals surface area contributed by atoms with Gasteiger partial charge in [0.1, 0.15) is 5.84 Å². The molecule has 17 heavy (non-hydrogen) atoms. The molecule has 1 rings (SSSR count). The van der Waals surface area contributed by atoms with Crippen LogP contribution in [0.3, 0.4) is 0 Å². The van der Waals surface area contributed by atoms with Crippen molar-refractivity contribution in [3.8, 4) is 5.75 Å². The second kappa shape index (κ2) is 6.00. The molecule has 3 N–H and O–H groups in total. The number of rotatable bonds is 5. The van der Waals surface area contributed by atoms with Gasteiger partial charge in [-0.1, -0.05) is 13.3 Å². The van der Waals surface area contributed by atoms with Gasteiger partial charge < -0.3 is 10.5 Å². The zero-order valence-electron chi connectivity index (χ0n) is 9.89. The minimum absolute atomic E-state index is 0.0374. The molecule has 94 valence electrons. The van der Waals surface area contributed by atoms with Gasteiger partial charge in [0.05, 0.1) is 10.6 Å². The Morgan fingerprint density at radius 2 is 2.24 bits per heavy atom. The molecule has 5 heteroatoms. The van der Waals surface area contributed by atoms with Crippen LogP contribution in [-0.2, 0) is 0 Å². The van der Waals surface area contributed by atoms with E-state index in [0.717, 1.165) is 12.8 Å². The van der Waals surface area contributed by atoms with Gasteiger partial charge in [0.15, 0.2) is 11.6 Å². The predicted molar refractivity (Wildman–Crippen MR) is 70.1 cm³/mol. The fraction of sp³-hybridized carbons (Fsp3) is 0.417. The van der Waals surface area contributed by atoms with Crippen LogP contribution in [0.4, 0.5) is 4.39 Å². The van der Waals surface area contributed by atoms with Crippen molar-refractivity contribution in [1.82, 2.24) is 0 Å². The molecule has 0 amide bonds. The standard InChI is InChI=1S/C12H16BrFN2O/c1-3-4-7(2)17-9-6-5-8(12(15)16)10(13)11(9)14/h5-7H,3-4H2,1-2H3,(H3,15,16). The molecule has 1 unspecified atom stereocenters. The quantitative estimate of drug-likeness (QED) is 0.646. The number of nitrogens with one attached hydrogen (secondary N) is 1. The second-order valence-corrected chi connectivity index (χ2v) is 4.66. The van der Waals surface area contributed by atoms with Crippen molar-refractivity contribution in [1.29, 1.82) is 5.41 Å². The number of hydrogen-bond donors (Lipinski definition) is 2. The average molecular weight is 303 g/mol. The van der Waals surface area contributed by atoms with Gasteiger partial charge in [0, 0.05) is 5.56 Å². The second-order valence-electron chi connectivity index (χ2n) is 3.87. The molecule has 1 atom stereocenters. The molecule has 0 aliphatic carbocycles. The van der Waals surface area contributed by atoms with E-state index in [1.807, 2.05) is 13.8 Å². The van der Waals surface area contributed by atoms with Crippen LogP contribution in [0.2, 0.25) is 0 Å². The molecule has 0 heterocycles. The summed E-state index contributed by atoms with van der Waals surface area (Å²) in [6, 6.07) is 3.08. The molecular formula is C12H16BrFN2O. The topological polar surface area (TPSA) is 59.1 Å². The number of ether oxygens (including phenoxy) is 1. The van der Waals surface area contributed by atoms with Crippen LogP contribution < -0.4 is 10.5 Å². The molecule has 3 nitrogen and oxygen atoms in total. The molecule has 0 saturated carbocycles. The van der Waals surface area contributed by atoms with E-state index < -0.39 is 5.82 Å². The van der Waals surface area contributed by atoms with E-state index in [-0.39, 0.29) is 22.2 Å². The van der Waals surface area contributed by atoms with Crippen molar-refractivity contribution in [3.05, 3.63) is 28.0 Å². The molecule has 0 aliphatic heterocycles. The Kier molecular flexibility index (Phi) is 4.93. The number of amidine groups is 1. The lowest BCUT2D eigenvalue weighted by Crippen LogP contribution is -2.15. The molecule has 0 bridgehead atoms. The number of halogens is 2. The molecule has 1 aromatic carbocycles. The summed E-state index contributed by atoms with van der Waals surface area (Å²) in [5.41, 5.74) is 5.66. The van der Waals surface area contributed by atoms with Gasteiger partial charge in [-0.25, -0.2) is 4.39 Å². The highest BCUT2D eigenvalue weighted by Gasteiger charge is 2.15. The van der Waals surface area contributed by atoms with Crippen LogP contribution in [0.25, 0.3) is 0 Å². The first kappa shape index (κ1) is 14.0. The summed E-state index contributed by atoms with van der Waals surface area (Å²) in [5.74, 6) is -0.507. The van der Waals surface area contributed by atoms with Crippen LogP contribution >= 0.6 is 15.9 Å². The van der Waals surface area contributed by atoms with Gasteiger partial charge in [-0.2, -0.15) is 0 Å². The molecular weight excluding hydrogens is 287 g/mol. The van der Waals surface area contributed by atoms with Crippen molar-refractivity contribution in [2.24, 2.45) is 5.73 Å². The Hall–Kier alpha value is -1.10. The third-order valence-corrected chi connectivity index (χ3v) is 3.14. The zero-order valence-corrected chi connectivity index (χ0v) is 11.5. The molecule has 1 aromatic rings. The third-order valence-electron chi connectivity index (χ3n) is 2.36. The first-order valence-corrected chi connectivity index (χ1v) is 6.25. The van der Waals surface area contributed by atoms with Gasteiger partial charge in [0.25, 0.3) is 0 Å². The van der Waals surface area contributed by atoms with E-state index in [1.54, 1.807) is 6.07 Å². The van der Waals surface area contributed by atoms with Crippen molar-refractivity contribution in [3.63, 3.8) is 0 Å². The minimum atomic E-state index is -0.513. The highest BCUT2D eigenvalue weighted by molar-refractivity contribution is 9.10. The van der Waals surface area contributed by atoms with Gasteiger partial charge >= 0.3 is 0 Å². The molecule has 0 radical (unpaired) electrons. The fourth-order valence-corrected chi connectivity index (χ4v) is 2.05. The Labute approximate surface area is 109 Å². The van der Waals surface area contributed by atoms with Crippen LogP contribution in [0, 0.1) is 11.2 Å². The van der Waals surface area contributed by atoms with Gasteiger partial charge in [-0.3, -0.25) is 5.41 Å². The Morgan fingerprint density at radius 3 is 2.76 bits per heavy atom. The molecule has 0 aliphatic rings. The lowest BCUT2D eigenvalue weighted by atomic mass is 10.2. The number of nitrogen functional groups attached to an aromatic ring is 1. The smallest absolute Gasteiger partial charge is 0.179 e. The van der Waals surface area contributed by atoms with E-state index in [0.29, 0.717) is 5.56 Å². The highest BCUT2D eigenvalue weighted by Crippen LogP contribution is 2.29. The summed E-state index contributed by atoms with van der Waals surface area (Å²) < 4.78 is 19.6. The monoisotopic (exact) mass is 302 g/mol. The van der Waals surface area contributed by atoms with Crippen molar-refractivity contribution in [2.45, 2.75) is 32.8 Å². The molecule has 0 aromatic heterocycles. The lowest BCUT2D eigenvalue weighted by molar-refractivity contribution is 0.200. The fourth-order valence-electron chi connectivity index (χ4n) is 1.51. The van der Waals surface area contributed by atoms with Gasteiger partial charge in [-0.05, 0) is 41.4 Å². The summed E-state index contributed by atoms with van der Waals surface area (Å²) in [5, 5.41) is 7.29. The highest BCUT2D eigenvalue weighted by atomic mass is 79.9. The first-order chi connectivity index (χ1) is 7.97. The SMILES string of the molecule is CCCC(C)Oc1ccc(C(=N)N)c(Br)c1F. The van der Waals surface area contributed by atoms with Crippen LogP contribution in [-0.4, -0.2) is 11.9 Å². The predicted octanol–water partition coefficient (Wildman–Crippen LogP) is 3.44. The van der Waals surface area contributed by atoms with E-state index in [2.05, 4.69) is 15.9 Å².